The predicted molar refractivity (Wildman–Crippen MR) is 78.3 cm³/mol. The first-order chi connectivity index (χ1) is 9.10. The molecule has 0 unspecified atom stereocenters. The van der Waals surface area contributed by atoms with Crippen LogP contribution in [0, 0.1) is 11.3 Å². The minimum Gasteiger partial charge on any atom is -0.321 e. The molecule has 19 heavy (non-hydrogen) atoms. The molecule has 1 amide bonds. The van der Waals surface area contributed by atoms with Gasteiger partial charge in [0.2, 0.25) is 0 Å². The number of hydrogen-bond acceptors (Lipinski definition) is 2. The van der Waals surface area contributed by atoms with Crippen LogP contribution in [0.2, 0.25) is 5.02 Å². The molecule has 0 fully saturated rings. The number of nitriles is 1. The Morgan fingerprint density at radius 1 is 1.26 bits per heavy atom. The van der Waals surface area contributed by atoms with E-state index in [2.05, 4.69) is 21.2 Å². The van der Waals surface area contributed by atoms with E-state index in [1.54, 1.807) is 30.3 Å². The third-order valence-corrected chi connectivity index (χ3v) is 3.25. The molecule has 0 aromatic heterocycles. The molecule has 5 heteroatoms. The number of carbonyl (C=O) groups is 1. The quantitative estimate of drug-likeness (QED) is 0.893. The maximum absolute atomic E-state index is 12.0. The summed E-state index contributed by atoms with van der Waals surface area (Å²) in [6.45, 7) is 0. The van der Waals surface area contributed by atoms with Gasteiger partial charge in [-0.05, 0) is 36.4 Å². The van der Waals surface area contributed by atoms with E-state index in [0.717, 1.165) is 4.47 Å². The number of halogens is 2. The summed E-state index contributed by atoms with van der Waals surface area (Å²) in [4.78, 5) is 12.0. The molecule has 2 rings (SSSR count). The van der Waals surface area contributed by atoms with Crippen molar-refractivity contribution in [2.75, 3.05) is 5.32 Å². The van der Waals surface area contributed by atoms with E-state index in [-0.39, 0.29) is 5.91 Å². The van der Waals surface area contributed by atoms with Crippen molar-refractivity contribution in [1.82, 2.24) is 0 Å². The van der Waals surface area contributed by atoms with E-state index in [9.17, 15) is 4.79 Å². The molecule has 0 aliphatic rings. The number of nitrogens with one attached hydrogen (secondary N) is 1. The van der Waals surface area contributed by atoms with Gasteiger partial charge in [-0.3, -0.25) is 4.79 Å². The van der Waals surface area contributed by atoms with Gasteiger partial charge in [-0.25, -0.2) is 0 Å². The minimum atomic E-state index is -0.279. The first-order valence-corrected chi connectivity index (χ1v) is 6.54. The van der Waals surface area contributed by atoms with Gasteiger partial charge in [0.1, 0.15) is 0 Å². The fourth-order valence-corrected chi connectivity index (χ4v) is 2.08. The van der Waals surface area contributed by atoms with Crippen LogP contribution in [0.25, 0.3) is 0 Å². The Morgan fingerprint density at radius 3 is 2.74 bits per heavy atom. The molecule has 0 heterocycles. The van der Waals surface area contributed by atoms with Crippen molar-refractivity contribution >= 4 is 39.1 Å². The van der Waals surface area contributed by atoms with Crippen molar-refractivity contribution in [1.29, 1.82) is 5.26 Å². The van der Waals surface area contributed by atoms with Gasteiger partial charge in [0, 0.05) is 10.0 Å². The molecule has 2 aromatic rings. The van der Waals surface area contributed by atoms with E-state index >= 15 is 0 Å². The summed E-state index contributed by atoms with van der Waals surface area (Å²) in [5.74, 6) is -0.279. The second-order valence-electron chi connectivity index (χ2n) is 3.77. The maximum Gasteiger partial charge on any atom is 0.255 e. The highest BCUT2D eigenvalue weighted by Crippen LogP contribution is 2.23. The number of anilines is 1. The van der Waals surface area contributed by atoms with E-state index in [4.69, 9.17) is 16.9 Å². The van der Waals surface area contributed by atoms with Crippen LogP contribution in [0.4, 0.5) is 5.69 Å². The molecular weight excluding hydrogens is 328 g/mol. The highest BCUT2D eigenvalue weighted by atomic mass is 79.9. The average Bonchev–Trinajstić information content (AvgIpc) is 2.41. The fraction of sp³-hybridized carbons (Fsp3) is 0. The average molecular weight is 336 g/mol. The number of rotatable bonds is 2. The molecule has 0 bridgehead atoms. The highest BCUT2D eigenvalue weighted by Gasteiger charge is 2.09. The van der Waals surface area contributed by atoms with E-state index < -0.39 is 0 Å². The lowest BCUT2D eigenvalue weighted by atomic mass is 10.2. The van der Waals surface area contributed by atoms with Gasteiger partial charge in [0.05, 0.1) is 22.3 Å². The highest BCUT2D eigenvalue weighted by molar-refractivity contribution is 9.10. The summed E-state index contributed by atoms with van der Waals surface area (Å²) in [6.07, 6.45) is 0. The molecule has 94 valence electrons. The molecule has 1 N–H and O–H groups in total. The molecule has 0 aliphatic heterocycles. The molecule has 3 nitrogen and oxygen atoms in total. The molecule has 0 spiro atoms. The van der Waals surface area contributed by atoms with Crippen molar-refractivity contribution < 1.29 is 4.79 Å². The smallest absolute Gasteiger partial charge is 0.255 e. The van der Waals surface area contributed by atoms with E-state index in [1.807, 2.05) is 12.1 Å². The van der Waals surface area contributed by atoms with Gasteiger partial charge in [-0.15, -0.1) is 0 Å². The standard InChI is InChI=1S/C14H8BrClN2O/c15-11-3-1-2-10(7-11)14(19)18-13-6-9(8-17)4-5-12(13)16/h1-7H,(H,18,19). The lowest BCUT2D eigenvalue weighted by Gasteiger charge is -2.07. The molecule has 0 radical (unpaired) electrons. The van der Waals surface area contributed by atoms with Crippen LogP contribution in [0.5, 0.6) is 0 Å². The second-order valence-corrected chi connectivity index (χ2v) is 5.09. The van der Waals surface area contributed by atoms with Crippen LogP contribution in [-0.4, -0.2) is 5.91 Å². The molecule has 2 aromatic carbocycles. The summed E-state index contributed by atoms with van der Waals surface area (Å²) >= 11 is 9.29. The summed E-state index contributed by atoms with van der Waals surface area (Å²) in [5, 5.41) is 11.9. The van der Waals surface area contributed by atoms with Crippen LogP contribution < -0.4 is 5.32 Å². The monoisotopic (exact) mass is 334 g/mol. The zero-order valence-electron chi connectivity index (χ0n) is 9.65. The molecule has 0 atom stereocenters. The Hall–Kier alpha value is -1.83. The third-order valence-electron chi connectivity index (χ3n) is 2.43. The Kier molecular flexibility index (Phi) is 4.20. The van der Waals surface area contributed by atoms with Gasteiger partial charge in [-0.1, -0.05) is 33.6 Å². The number of hydrogen-bond donors (Lipinski definition) is 1. The van der Waals surface area contributed by atoms with Crippen LogP contribution in [-0.2, 0) is 0 Å². The lowest BCUT2D eigenvalue weighted by Crippen LogP contribution is -2.12. The maximum atomic E-state index is 12.0. The molecule has 0 aliphatic carbocycles. The predicted octanol–water partition coefficient (Wildman–Crippen LogP) is 4.23. The van der Waals surface area contributed by atoms with Crippen molar-refractivity contribution in [3.05, 3.63) is 63.1 Å². The normalized spacial score (nSPS) is 9.74. The number of amides is 1. The molecule has 0 saturated heterocycles. The van der Waals surface area contributed by atoms with Gasteiger partial charge < -0.3 is 5.32 Å². The van der Waals surface area contributed by atoms with Gasteiger partial charge in [0.15, 0.2) is 0 Å². The SMILES string of the molecule is N#Cc1ccc(Cl)c(NC(=O)c2cccc(Br)c2)c1. The summed E-state index contributed by atoms with van der Waals surface area (Å²) in [5.41, 5.74) is 1.37. The van der Waals surface area contributed by atoms with Crippen LogP contribution in [0.1, 0.15) is 15.9 Å². The second kappa shape index (κ2) is 5.87. The Labute approximate surface area is 123 Å². The van der Waals surface area contributed by atoms with E-state index in [1.165, 1.54) is 6.07 Å². The van der Waals surface area contributed by atoms with Crippen molar-refractivity contribution in [2.24, 2.45) is 0 Å². The topological polar surface area (TPSA) is 52.9 Å². The Balaban J connectivity index is 2.27. The minimum absolute atomic E-state index is 0.279. The van der Waals surface area contributed by atoms with Crippen molar-refractivity contribution in [2.45, 2.75) is 0 Å². The summed E-state index contributed by atoms with van der Waals surface area (Å²) in [6, 6.07) is 13.7. The van der Waals surface area contributed by atoms with Crippen LogP contribution >= 0.6 is 27.5 Å². The van der Waals surface area contributed by atoms with Gasteiger partial charge in [0.25, 0.3) is 5.91 Å². The van der Waals surface area contributed by atoms with Gasteiger partial charge >= 0.3 is 0 Å². The third kappa shape index (κ3) is 3.34. The van der Waals surface area contributed by atoms with E-state index in [0.29, 0.717) is 21.8 Å². The Morgan fingerprint density at radius 2 is 2.05 bits per heavy atom. The van der Waals surface area contributed by atoms with Crippen LogP contribution in [0.3, 0.4) is 0 Å². The molecular formula is C14H8BrClN2O. The largest absolute Gasteiger partial charge is 0.321 e. The zero-order chi connectivity index (χ0) is 13.8. The van der Waals surface area contributed by atoms with Crippen LogP contribution in [0.15, 0.2) is 46.9 Å². The Bertz CT molecular complexity index is 679. The first-order valence-electron chi connectivity index (χ1n) is 5.37. The zero-order valence-corrected chi connectivity index (χ0v) is 12.0. The van der Waals surface area contributed by atoms with Crippen molar-refractivity contribution in [3.63, 3.8) is 0 Å². The van der Waals surface area contributed by atoms with Gasteiger partial charge in [-0.2, -0.15) is 5.26 Å². The summed E-state index contributed by atoms with van der Waals surface area (Å²) < 4.78 is 0.817. The molecule has 0 saturated carbocycles. The van der Waals surface area contributed by atoms with Crippen molar-refractivity contribution in [3.8, 4) is 6.07 Å². The fourth-order valence-electron chi connectivity index (χ4n) is 1.51. The first kappa shape index (κ1) is 13.6. The number of nitrogens with zero attached hydrogens (tertiary/aromatic N) is 1. The lowest BCUT2D eigenvalue weighted by molar-refractivity contribution is 0.102. The summed E-state index contributed by atoms with van der Waals surface area (Å²) in [7, 11) is 0. The number of carbonyl (C=O) groups excluding carboxylic acids is 1. The number of benzene rings is 2.